The highest BCUT2D eigenvalue weighted by Crippen LogP contribution is 2.22. The Morgan fingerprint density at radius 2 is 2.19 bits per heavy atom. The van der Waals surface area contributed by atoms with Crippen LogP contribution in [0.3, 0.4) is 0 Å². The zero-order valence-electron chi connectivity index (χ0n) is 9.90. The van der Waals surface area contributed by atoms with E-state index in [4.69, 9.17) is 0 Å². The predicted molar refractivity (Wildman–Crippen MR) is 68.7 cm³/mol. The van der Waals surface area contributed by atoms with Crippen LogP contribution in [0.1, 0.15) is 24.8 Å². The van der Waals surface area contributed by atoms with Gasteiger partial charge in [-0.2, -0.15) is 0 Å². The molecule has 1 heterocycles. The van der Waals surface area contributed by atoms with E-state index in [-0.39, 0.29) is 0 Å². The SMILES string of the molecule is CNCCC(C)c1ccc2ncccc2c1. The number of fused-ring (bicyclic) bond motifs is 1. The lowest BCUT2D eigenvalue weighted by Gasteiger charge is -2.12. The average molecular weight is 214 g/mol. The Bertz CT molecular complexity index is 465. The molecular formula is C14H18N2. The minimum absolute atomic E-state index is 0.594. The van der Waals surface area contributed by atoms with E-state index in [1.54, 1.807) is 0 Å². The molecule has 84 valence electrons. The molecule has 0 saturated heterocycles. The lowest BCUT2D eigenvalue weighted by atomic mass is 9.96. The summed E-state index contributed by atoms with van der Waals surface area (Å²) in [5.41, 5.74) is 2.47. The van der Waals surface area contributed by atoms with Crippen molar-refractivity contribution < 1.29 is 0 Å². The van der Waals surface area contributed by atoms with Crippen LogP contribution in [-0.4, -0.2) is 18.6 Å². The van der Waals surface area contributed by atoms with Crippen LogP contribution in [0.25, 0.3) is 10.9 Å². The molecule has 2 rings (SSSR count). The van der Waals surface area contributed by atoms with Crippen LogP contribution in [0, 0.1) is 0 Å². The molecule has 1 atom stereocenters. The maximum absolute atomic E-state index is 4.33. The lowest BCUT2D eigenvalue weighted by Crippen LogP contribution is -2.10. The van der Waals surface area contributed by atoms with Crippen molar-refractivity contribution in [1.82, 2.24) is 10.3 Å². The molecule has 0 saturated carbocycles. The molecule has 0 aliphatic rings. The van der Waals surface area contributed by atoms with E-state index in [0.717, 1.165) is 12.1 Å². The van der Waals surface area contributed by atoms with Crippen molar-refractivity contribution in [2.75, 3.05) is 13.6 Å². The second-order valence-corrected chi connectivity index (χ2v) is 4.25. The molecule has 1 N–H and O–H groups in total. The second-order valence-electron chi connectivity index (χ2n) is 4.25. The van der Waals surface area contributed by atoms with Gasteiger partial charge in [-0.3, -0.25) is 4.98 Å². The largest absolute Gasteiger partial charge is 0.320 e. The fraction of sp³-hybridized carbons (Fsp3) is 0.357. The van der Waals surface area contributed by atoms with Crippen LogP contribution in [-0.2, 0) is 0 Å². The van der Waals surface area contributed by atoms with Gasteiger partial charge < -0.3 is 5.32 Å². The van der Waals surface area contributed by atoms with Crippen molar-refractivity contribution in [3.05, 3.63) is 42.1 Å². The highest BCUT2D eigenvalue weighted by molar-refractivity contribution is 5.79. The molecular weight excluding hydrogens is 196 g/mol. The predicted octanol–water partition coefficient (Wildman–Crippen LogP) is 2.95. The summed E-state index contributed by atoms with van der Waals surface area (Å²) >= 11 is 0. The standard InChI is InChI=1S/C14H18N2/c1-11(7-9-15-2)12-5-6-14-13(10-12)4-3-8-16-14/h3-6,8,10-11,15H,7,9H2,1-2H3. The first-order chi connectivity index (χ1) is 7.81. The molecule has 0 aliphatic carbocycles. The summed E-state index contributed by atoms with van der Waals surface area (Å²) in [7, 11) is 2.00. The number of benzene rings is 1. The van der Waals surface area contributed by atoms with Crippen molar-refractivity contribution in [3.8, 4) is 0 Å². The van der Waals surface area contributed by atoms with E-state index in [2.05, 4.69) is 41.5 Å². The number of hydrogen-bond donors (Lipinski definition) is 1. The van der Waals surface area contributed by atoms with Gasteiger partial charge in [0.05, 0.1) is 5.52 Å². The summed E-state index contributed by atoms with van der Waals surface area (Å²) in [6.07, 6.45) is 3.01. The molecule has 0 amide bonds. The molecule has 2 heteroatoms. The summed E-state index contributed by atoms with van der Waals surface area (Å²) in [6, 6.07) is 10.7. The van der Waals surface area contributed by atoms with E-state index < -0.39 is 0 Å². The Hall–Kier alpha value is -1.41. The molecule has 1 aromatic carbocycles. The third-order valence-corrected chi connectivity index (χ3v) is 3.02. The van der Waals surface area contributed by atoms with Gasteiger partial charge in [0, 0.05) is 11.6 Å². The number of pyridine rings is 1. The number of nitrogens with zero attached hydrogens (tertiary/aromatic N) is 1. The zero-order chi connectivity index (χ0) is 11.4. The van der Waals surface area contributed by atoms with Crippen LogP contribution in [0.5, 0.6) is 0 Å². The van der Waals surface area contributed by atoms with Crippen molar-refractivity contribution in [2.24, 2.45) is 0 Å². The van der Waals surface area contributed by atoms with E-state index in [1.165, 1.54) is 17.4 Å². The summed E-state index contributed by atoms with van der Waals surface area (Å²) in [5, 5.41) is 4.43. The summed E-state index contributed by atoms with van der Waals surface area (Å²) in [5.74, 6) is 0.594. The Balaban J connectivity index is 2.25. The van der Waals surface area contributed by atoms with E-state index >= 15 is 0 Å². The Morgan fingerprint density at radius 1 is 1.31 bits per heavy atom. The monoisotopic (exact) mass is 214 g/mol. The smallest absolute Gasteiger partial charge is 0.0702 e. The Labute approximate surface area is 96.7 Å². The third-order valence-electron chi connectivity index (χ3n) is 3.02. The molecule has 1 unspecified atom stereocenters. The van der Waals surface area contributed by atoms with Gasteiger partial charge in [0.1, 0.15) is 0 Å². The molecule has 2 aromatic rings. The van der Waals surface area contributed by atoms with Gasteiger partial charge >= 0.3 is 0 Å². The minimum atomic E-state index is 0.594. The van der Waals surface area contributed by atoms with Gasteiger partial charge in [-0.1, -0.05) is 19.1 Å². The van der Waals surface area contributed by atoms with Crippen LogP contribution in [0.15, 0.2) is 36.5 Å². The van der Waals surface area contributed by atoms with E-state index in [9.17, 15) is 0 Å². The molecule has 0 spiro atoms. The summed E-state index contributed by atoms with van der Waals surface area (Å²) in [4.78, 5) is 4.33. The maximum atomic E-state index is 4.33. The normalized spacial score (nSPS) is 12.9. The van der Waals surface area contributed by atoms with Crippen molar-refractivity contribution in [3.63, 3.8) is 0 Å². The fourth-order valence-corrected chi connectivity index (χ4v) is 1.93. The topological polar surface area (TPSA) is 24.9 Å². The lowest BCUT2D eigenvalue weighted by molar-refractivity contribution is 0.637. The Kier molecular flexibility index (Phi) is 3.52. The van der Waals surface area contributed by atoms with Crippen LogP contribution in [0.4, 0.5) is 0 Å². The molecule has 16 heavy (non-hydrogen) atoms. The number of nitrogens with one attached hydrogen (secondary N) is 1. The van der Waals surface area contributed by atoms with Crippen molar-refractivity contribution in [1.29, 1.82) is 0 Å². The molecule has 2 nitrogen and oxygen atoms in total. The number of rotatable bonds is 4. The van der Waals surface area contributed by atoms with Crippen LogP contribution in [0.2, 0.25) is 0 Å². The molecule has 0 radical (unpaired) electrons. The highest BCUT2D eigenvalue weighted by Gasteiger charge is 2.05. The van der Waals surface area contributed by atoms with Gasteiger partial charge in [0.25, 0.3) is 0 Å². The van der Waals surface area contributed by atoms with Gasteiger partial charge in [-0.25, -0.2) is 0 Å². The van der Waals surface area contributed by atoms with Crippen LogP contribution >= 0.6 is 0 Å². The fourth-order valence-electron chi connectivity index (χ4n) is 1.93. The molecule has 0 fully saturated rings. The van der Waals surface area contributed by atoms with Crippen molar-refractivity contribution >= 4 is 10.9 Å². The van der Waals surface area contributed by atoms with Crippen LogP contribution < -0.4 is 5.32 Å². The molecule has 1 aromatic heterocycles. The van der Waals surface area contributed by atoms with Gasteiger partial charge in [0.2, 0.25) is 0 Å². The third kappa shape index (κ3) is 2.39. The first-order valence-electron chi connectivity index (χ1n) is 5.80. The second kappa shape index (κ2) is 5.08. The number of hydrogen-bond acceptors (Lipinski definition) is 2. The zero-order valence-corrected chi connectivity index (χ0v) is 9.90. The molecule has 0 bridgehead atoms. The summed E-state index contributed by atoms with van der Waals surface area (Å²) < 4.78 is 0. The van der Waals surface area contributed by atoms with Crippen molar-refractivity contribution in [2.45, 2.75) is 19.3 Å². The van der Waals surface area contributed by atoms with Gasteiger partial charge in [-0.05, 0) is 49.7 Å². The molecule has 0 aliphatic heterocycles. The quantitative estimate of drug-likeness (QED) is 0.846. The highest BCUT2D eigenvalue weighted by atomic mass is 14.8. The van der Waals surface area contributed by atoms with E-state index in [1.807, 2.05) is 19.3 Å². The first kappa shape index (κ1) is 11.1. The summed E-state index contributed by atoms with van der Waals surface area (Å²) in [6.45, 7) is 3.33. The minimum Gasteiger partial charge on any atom is -0.320 e. The number of aromatic nitrogens is 1. The van der Waals surface area contributed by atoms with E-state index in [0.29, 0.717) is 5.92 Å². The maximum Gasteiger partial charge on any atom is 0.0702 e. The average Bonchev–Trinajstić information content (AvgIpc) is 2.35. The van der Waals surface area contributed by atoms with Gasteiger partial charge in [-0.15, -0.1) is 0 Å². The first-order valence-corrected chi connectivity index (χ1v) is 5.80. The van der Waals surface area contributed by atoms with Gasteiger partial charge in [0.15, 0.2) is 0 Å². The Morgan fingerprint density at radius 3 is 3.00 bits per heavy atom.